The zero-order valence-corrected chi connectivity index (χ0v) is 14.0. The molecule has 1 amide bonds. The number of nitrogens with one attached hydrogen (secondary N) is 1. The number of carbonyl (C=O) groups excluding carboxylic acids is 1. The SMILES string of the molecule is O=C(NC1c2ccccc2CC1Br)c1cc2c(s1)CCC2. The fourth-order valence-electron chi connectivity index (χ4n) is 3.37. The molecule has 1 heterocycles. The molecule has 0 saturated heterocycles. The number of aryl methyl sites for hydroxylation is 2. The van der Waals surface area contributed by atoms with Crippen molar-refractivity contribution in [1.82, 2.24) is 5.32 Å². The van der Waals surface area contributed by atoms with Crippen molar-refractivity contribution >= 4 is 33.2 Å². The molecule has 0 bridgehead atoms. The average molecular weight is 362 g/mol. The lowest BCUT2D eigenvalue weighted by molar-refractivity contribution is 0.0942. The van der Waals surface area contributed by atoms with Gasteiger partial charge in [-0.15, -0.1) is 11.3 Å². The van der Waals surface area contributed by atoms with Crippen LogP contribution in [0.15, 0.2) is 30.3 Å². The van der Waals surface area contributed by atoms with Gasteiger partial charge < -0.3 is 5.32 Å². The Labute approximate surface area is 136 Å². The minimum atomic E-state index is 0.0700. The second-order valence-corrected chi connectivity index (χ2v) is 8.10. The standard InChI is InChI=1S/C17H16BrNOS/c18-13-8-10-4-1-2-6-12(10)16(13)19-17(20)15-9-11-5-3-7-14(11)21-15/h1-2,4,6,9,13,16H,3,5,7-8H2,(H,19,20). The van der Waals surface area contributed by atoms with Crippen LogP contribution in [0.2, 0.25) is 0 Å². The van der Waals surface area contributed by atoms with E-state index in [9.17, 15) is 4.79 Å². The Balaban J connectivity index is 1.56. The zero-order chi connectivity index (χ0) is 14.4. The first-order valence-corrected chi connectivity index (χ1v) is 9.10. The van der Waals surface area contributed by atoms with Gasteiger partial charge in [-0.3, -0.25) is 4.79 Å². The second-order valence-electron chi connectivity index (χ2n) is 5.78. The third-order valence-corrected chi connectivity index (χ3v) is 6.51. The Morgan fingerprint density at radius 1 is 1.24 bits per heavy atom. The van der Waals surface area contributed by atoms with Crippen LogP contribution >= 0.6 is 27.3 Å². The van der Waals surface area contributed by atoms with Crippen LogP contribution < -0.4 is 5.32 Å². The molecular weight excluding hydrogens is 346 g/mol. The molecule has 0 aliphatic heterocycles. The highest BCUT2D eigenvalue weighted by Gasteiger charge is 2.32. The normalized spacial score (nSPS) is 22.9. The van der Waals surface area contributed by atoms with E-state index < -0.39 is 0 Å². The molecule has 21 heavy (non-hydrogen) atoms. The van der Waals surface area contributed by atoms with E-state index in [-0.39, 0.29) is 16.8 Å². The van der Waals surface area contributed by atoms with Crippen LogP contribution in [0.5, 0.6) is 0 Å². The number of fused-ring (bicyclic) bond motifs is 2. The molecular formula is C17H16BrNOS. The highest BCUT2D eigenvalue weighted by molar-refractivity contribution is 9.09. The Hall–Kier alpha value is -1.13. The predicted octanol–water partition coefficient (Wildman–Crippen LogP) is 4.03. The van der Waals surface area contributed by atoms with Crippen molar-refractivity contribution < 1.29 is 4.79 Å². The number of rotatable bonds is 2. The quantitative estimate of drug-likeness (QED) is 0.803. The van der Waals surface area contributed by atoms with Gasteiger partial charge in [0.15, 0.2) is 0 Å². The fourth-order valence-corrected chi connectivity index (χ4v) is 5.29. The van der Waals surface area contributed by atoms with Crippen LogP contribution in [0.1, 0.15) is 43.7 Å². The molecule has 1 aromatic heterocycles. The molecule has 0 radical (unpaired) electrons. The Morgan fingerprint density at radius 3 is 2.95 bits per heavy atom. The van der Waals surface area contributed by atoms with Gasteiger partial charge in [-0.05, 0) is 48.4 Å². The smallest absolute Gasteiger partial charge is 0.261 e. The third-order valence-electron chi connectivity index (χ3n) is 4.42. The van der Waals surface area contributed by atoms with E-state index in [2.05, 4.69) is 45.5 Å². The summed E-state index contributed by atoms with van der Waals surface area (Å²) in [5.74, 6) is 0.0700. The van der Waals surface area contributed by atoms with Gasteiger partial charge in [0.05, 0.1) is 10.9 Å². The number of carbonyl (C=O) groups is 1. The molecule has 0 saturated carbocycles. The Kier molecular flexibility index (Phi) is 3.38. The van der Waals surface area contributed by atoms with Crippen molar-refractivity contribution in [2.24, 2.45) is 0 Å². The lowest BCUT2D eigenvalue weighted by Crippen LogP contribution is -2.31. The van der Waals surface area contributed by atoms with Gasteiger partial charge in [-0.2, -0.15) is 0 Å². The molecule has 4 rings (SSSR count). The Bertz CT molecular complexity index is 687. The van der Waals surface area contributed by atoms with Crippen molar-refractivity contribution in [3.63, 3.8) is 0 Å². The molecule has 2 nitrogen and oxygen atoms in total. The minimum absolute atomic E-state index is 0.0700. The van der Waals surface area contributed by atoms with Crippen molar-refractivity contribution in [3.05, 3.63) is 56.8 Å². The maximum absolute atomic E-state index is 12.5. The molecule has 2 aliphatic carbocycles. The van der Waals surface area contributed by atoms with E-state index in [1.165, 1.54) is 28.0 Å². The lowest BCUT2D eigenvalue weighted by Gasteiger charge is -2.17. The highest BCUT2D eigenvalue weighted by atomic mass is 79.9. The summed E-state index contributed by atoms with van der Waals surface area (Å²) in [6, 6.07) is 10.5. The summed E-state index contributed by atoms with van der Waals surface area (Å²) in [4.78, 5) is 15.1. The van der Waals surface area contributed by atoms with Crippen LogP contribution in [-0.4, -0.2) is 10.7 Å². The summed E-state index contributed by atoms with van der Waals surface area (Å²) in [7, 11) is 0. The number of amides is 1. The van der Waals surface area contributed by atoms with Crippen molar-refractivity contribution in [3.8, 4) is 0 Å². The number of hydrogen-bond acceptors (Lipinski definition) is 2. The lowest BCUT2D eigenvalue weighted by atomic mass is 10.1. The topological polar surface area (TPSA) is 29.1 Å². The van der Waals surface area contributed by atoms with E-state index in [1.54, 1.807) is 11.3 Å². The molecule has 0 spiro atoms. The van der Waals surface area contributed by atoms with Gasteiger partial charge in [0, 0.05) is 9.70 Å². The summed E-state index contributed by atoms with van der Waals surface area (Å²) in [6.07, 6.45) is 4.48. The molecule has 1 N–H and O–H groups in total. The average Bonchev–Trinajstić information content (AvgIpc) is 3.12. The summed E-state index contributed by atoms with van der Waals surface area (Å²) >= 11 is 5.39. The molecule has 4 heteroatoms. The van der Waals surface area contributed by atoms with Crippen molar-refractivity contribution in [1.29, 1.82) is 0 Å². The first-order valence-electron chi connectivity index (χ1n) is 7.36. The molecule has 0 fully saturated rings. The number of thiophene rings is 1. The third kappa shape index (κ3) is 2.34. The van der Waals surface area contributed by atoms with E-state index in [4.69, 9.17) is 0 Å². The van der Waals surface area contributed by atoms with Gasteiger partial charge in [-0.25, -0.2) is 0 Å². The molecule has 2 atom stereocenters. The first kappa shape index (κ1) is 13.5. The number of benzene rings is 1. The van der Waals surface area contributed by atoms with Gasteiger partial charge in [0.2, 0.25) is 0 Å². The van der Waals surface area contributed by atoms with Crippen LogP contribution in [0.4, 0.5) is 0 Å². The molecule has 1 aromatic carbocycles. The maximum atomic E-state index is 12.5. The van der Waals surface area contributed by atoms with Crippen molar-refractivity contribution in [2.75, 3.05) is 0 Å². The van der Waals surface area contributed by atoms with Gasteiger partial charge in [0.25, 0.3) is 5.91 Å². The zero-order valence-electron chi connectivity index (χ0n) is 11.6. The number of halogens is 1. The van der Waals surface area contributed by atoms with Gasteiger partial charge >= 0.3 is 0 Å². The molecule has 108 valence electrons. The monoisotopic (exact) mass is 361 g/mol. The molecule has 2 unspecified atom stereocenters. The van der Waals surface area contributed by atoms with Gasteiger partial charge in [-0.1, -0.05) is 40.2 Å². The van der Waals surface area contributed by atoms with Gasteiger partial charge in [0.1, 0.15) is 0 Å². The highest BCUT2D eigenvalue weighted by Crippen LogP contribution is 2.36. The summed E-state index contributed by atoms with van der Waals surface area (Å²) in [6.45, 7) is 0. The Morgan fingerprint density at radius 2 is 2.10 bits per heavy atom. The van der Waals surface area contributed by atoms with Crippen LogP contribution in [0, 0.1) is 0 Å². The van der Waals surface area contributed by atoms with Crippen molar-refractivity contribution in [2.45, 2.75) is 36.6 Å². The first-order chi connectivity index (χ1) is 10.2. The van der Waals surface area contributed by atoms with E-state index in [0.717, 1.165) is 24.1 Å². The van der Waals surface area contributed by atoms with Crippen LogP contribution in [0.3, 0.4) is 0 Å². The van der Waals surface area contributed by atoms with E-state index >= 15 is 0 Å². The maximum Gasteiger partial charge on any atom is 0.261 e. The van der Waals surface area contributed by atoms with Crippen LogP contribution in [0.25, 0.3) is 0 Å². The molecule has 2 aromatic rings. The predicted molar refractivity (Wildman–Crippen MR) is 89.4 cm³/mol. The number of alkyl halides is 1. The minimum Gasteiger partial charge on any atom is -0.343 e. The fraction of sp³-hybridized carbons (Fsp3) is 0.353. The summed E-state index contributed by atoms with van der Waals surface area (Å²) < 4.78 is 0. The summed E-state index contributed by atoms with van der Waals surface area (Å²) in [5.41, 5.74) is 3.96. The van der Waals surface area contributed by atoms with E-state index in [0.29, 0.717) is 0 Å². The summed E-state index contributed by atoms with van der Waals surface area (Å²) in [5, 5.41) is 3.21. The largest absolute Gasteiger partial charge is 0.343 e. The number of hydrogen-bond donors (Lipinski definition) is 1. The van der Waals surface area contributed by atoms with E-state index in [1.807, 2.05) is 6.07 Å². The second kappa shape index (κ2) is 5.25. The molecule has 2 aliphatic rings. The van der Waals surface area contributed by atoms with Crippen LogP contribution in [-0.2, 0) is 19.3 Å².